The molecular weight excluding hydrogens is 800 g/mol. The van der Waals surface area contributed by atoms with Crippen molar-refractivity contribution >= 4 is 53.2 Å². The van der Waals surface area contributed by atoms with Crippen molar-refractivity contribution in [3.8, 4) is 0 Å². The van der Waals surface area contributed by atoms with Crippen LogP contribution in [-0.2, 0) is 43.3 Å². The summed E-state index contributed by atoms with van der Waals surface area (Å²) in [5, 5.41) is 16.7. The summed E-state index contributed by atoms with van der Waals surface area (Å²) in [6.07, 6.45) is -6.79. The standard InChI is InChI=1S/C39H48N10O12/c1-46(59-4)28(50)22-40-37(56)31(43-34(53)25-16-10-7-11-17-25)49(32(38(57)41-23-29(51)47(2)60-5)44-35(54)26-18-12-8-13-19-26)33(39(58)42-24-30(52)48(3)61-6)45-36(55)27-20-14-9-15-21-27/h7-21,31-33H,22-24H2,1-6H3,(H,40,56)(H,41,57)(H,42,58)(H,43,53)(H,44,54)(H,45,55). The molecule has 0 spiro atoms. The number of amides is 9. The number of rotatable bonds is 21. The van der Waals surface area contributed by atoms with E-state index in [4.69, 9.17) is 14.5 Å². The molecule has 0 aliphatic heterocycles. The van der Waals surface area contributed by atoms with Crippen molar-refractivity contribution in [3.63, 3.8) is 0 Å². The van der Waals surface area contributed by atoms with Crippen LogP contribution in [0.4, 0.5) is 0 Å². The molecule has 61 heavy (non-hydrogen) atoms. The quantitative estimate of drug-likeness (QED) is 0.0500. The van der Waals surface area contributed by atoms with Gasteiger partial charge in [0.15, 0.2) is 18.5 Å². The molecule has 3 unspecified atom stereocenters. The Morgan fingerprint density at radius 2 is 0.656 bits per heavy atom. The lowest BCUT2D eigenvalue weighted by Crippen LogP contribution is -2.74. The Balaban J connectivity index is 2.37. The fourth-order valence-corrected chi connectivity index (χ4v) is 5.08. The molecule has 9 amide bonds. The summed E-state index contributed by atoms with van der Waals surface area (Å²) >= 11 is 0. The predicted octanol–water partition coefficient (Wildman–Crippen LogP) is -2.04. The summed E-state index contributed by atoms with van der Waals surface area (Å²) in [7, 11) is 7.31. The number of hydrogen-bond donors (Lipinski definition) is 6. The Hall–Kier alpha value is -7.27. The van der Waals surface area contributed by atoms with E-state index in [1.165, 1.54) is 115 Å². The van der Waals surface area contributed by atoms with Crippen molar-refractivity contribution < 1.29 is 57.7 Å². The first-order chi connectivity index (χ1) is 29.1. The zero-order valence-electron chi connectivity index (χ0n) is 34.2. The molecule has 0 saturated carbocycles. The maximum absolute atomic E-state index is 14.5. The molecule has 0 heterocycles. The van der Waals surface area contributed by atoms with E-state index >= 15 is 0 Å². The lowest BCUT2D eigenvalue weighted by atomic mass is 10.1. The SMILES string of the molecule is CON(C)C(=O)CNC(=O)C(NC(=O)c1ccccc1)N(C(NC(=O)c1ccccc1)C(=O)NCC(=O)N(C)OC)C(NC(=O)c1ccccc1)C(=O)NCC(=O)N(C)OC. The lowest BCUT2D eigenvalue weighted by molar-refractivity contribution is -0.168. The monoisotopic (exact) mass is 848 g/mol. The fourth-order valence-electron chi connectivity index (χ4n) is 5.08. The molecule has 0 aliphatic carbocycles. The molecule has 0 aliphatic rings. The second kappa shape index (κ2) is 24.0. The first-order valence-corrected chi connectivity index (χ1v) is 18.2. The Labute approximate surface area is 350 Å². The number of benzene rings is 3. The van der Waals surface area contributed by atoms with Crippen LogP contribution in [-0.4, -0.2) is 154 Å². The molecule has 0 aromatic heterocycles. The smallest absolute Gasteiger partial charge is 0.265 e. The zero-order valence-corrected chi connectivity index (χ0v) is 34.2. The Morgan fingerprint density at radius 3 is 0.869 bits per heavy atom. The van der Waals surface area contributed by atoms with Crippen LogP contribution in [0.25, 0.3) is 0 Å². The summed E-state index contributed by atoms with van der Waals surface area (Å²) in [5.41, 5.74) is -0.0820. The predicted molar refractivity (Wildman–Crippen MR) is 213 cm³/mol. The number of hydrogen-bond acceptors (Lipinski definition) is 13. The van der Waals surface area contributed by atoms with Crippen molar-refractivity contribution in [2.45, 2.75) is 18.5 Å². The van der Waals surface area contributed by atoms with E-state index in [1.807, 2.05) is 0 Å². The van der Waals surface area contributed by atoms with Crippen LogP contribution in [0.2, 0.25) is 0 Å². The summed E-state index contributed by atoms with van der Waals surface area (Å²) in [6, 6.07) is 22.2. The highest BCUT2D eigenvalue weighted by Gasteiger charge is 2.46. The number of hydroxylamine groups is 6. The molecule has 326 valence electrons. The second-order valence-corrected chi connectivity index (χ2v) is 12.5. The highest BCUT2D eigenvalue weighted by Crippen LogP contribution is 2.14. The maximum atomic E-state index is 14.5. The molecule has 0 bridgehead atoms. The minimum Gasteiger partial charge on any atom is -0.344 e. The van der Waals surface area contributed by atoms with E-state index in [1.54, 1.807) is 18.2 Å². The molecule has 3 aromatic carbocycles. The summed E-state index contributed by atoms with van der Waals surface area (Å²) in [6.45, 7) is -2.32. The minimum atomic E-state index is -2.26. The van der Waals surface area contributed by atoms with E-state index in [2.05, 4.69) is 31.9 Å². The van der Waals surface area contributed by atoms with Gasteiger partial charge in [0.2, 0.25) is 0 Å². The lowest BCUT2D eigenvalue weighted by Gasteiger charge is -2.41. The van der Waals surface area contributed by atoms with E-state index in [0.29, 0.717) is 4.90 Å². The van der Waals surface area contributed by atoms with Crippen molar-refractivity contribution in [3.05, 3.63) is 108 Å². The van der Waals surface area contributed by atoms with Gasteiger partial charge in [0.1, 0.15) is 0 Å². The fraction of sp³-hybridized carbons (Fsp3) is 0.308. The molecule has 22 nitrogen and oxygen atoms in total. The third-order valence-electron chi connectivity index (χ3n) is 8.67. The van der Waals surface area contributed by atoms with Gasteiger partial charge in [0.25, 0.3) is 53.2 Å². The van der Waals surface area contributed by atoms with E-state index < -0.39 is 91.3 Å². The summed E-state index contributed by atoms with van der Waals surface area (Å²) in [4.78, 5) is 139. The molecular formula is C39H48N10O12. The van der Waals surface area contributed by atoms with Crippen LogP contribution >= 0.6 is 0 Å². The minimum absolute atomic E-state index is 0.0273. The zero-order chi connectivity index (χ0) is 45.1. The Morgan fingerprint density at radius 1 is 0.426 bits per heavy atom. The molecule has 0 fully saturated rings. The van der Waals surface area contributed by atoms with Gasteiger partial charge >= 0.3 is 0 Å². The Bertz CT molecular complexity index is 1780. The molecule has 22 heteroatoms. The largest absolute Gasteiger partial charge is 0.344 e. The van der Waals surface area contributed by atoms with Gasteiger partial charge in [-0.15, -0.1) is 0 Å². The van der Waals surface area contributed by atoms with Crippen molar-refractivity contribution in [1.29, 1.82) is 0 Å². The number of likely N-dealkylation sites (N-methyl/N-ethyl adjacent to an activating group) is 3. The van der Waals surface area contributed by atoms with Crippen LogP contribution in [0.1, 0.15) is 31.1 Å². The van der Waals surface area contributed by atoms with Gasteiger partial charge < -0.3 is 31.9 Å². The van der Waals surface area contributed by atoms with Crippen LogP contribution in [0.5, 0.6) is 0 Å². The highest BCUT2D eigenvalue weighted by atomic mass is 16.7. The topological polar surface area (TPSA) is 266 Å². The van der Waals surface area contributed by atoms with E-state index in [9.17, 15) is 43.2 Å². The van der Waals surface area contributed by atoms with Gasteiger partial charge in [-0.2, -0.15) is 0 Å². The van der Waals surface area contributed by atoms with E-state index in [0.717, 1.165) is 15.2 Å². The number of nitrogens with one attached hydrogen (secondary N) is 6. The number of nitrogens with zero attached hydrogens (tertiary/aromatic N) is 4. The van der Waals surface area contributed by atoms with Gasteiger partial charge in [-0.3, -0.25) is 57.7 Å². The third-order valence-corrected chi connectivity index (χ3v) is 8.67. The Kier molecular flexibility index (Phi) is 18.9. The van der Waals surface area contributed by atoms with Crippen molar-refractivity contribution in [1.82, 2.24) is 52.0 Å². The molecule has 3 rings (SSSR count). The van der Waals surface area contributed by atoms with Gasteiger partial charge in [-0.25, -0.2) is 20.1 Å². The average Bonchev–Trinajstić information content (AvgIpc) is 3.29. The normalized spacial score (nSPS) is 12.0. The van der Waals surface area contributed by atoms with Gasteiger partial charge in [0, 0.05) is 37.8 Å². The molecule has 0 radical (unpaired) electrons. The average molecular weight is 849 g/mol. The number of carbonyl (C=O) groups is 9. The maximum Gasteiger partial charge on any atom is 0.265 e. The van der Waals surface area contributed by atoms with Crippen LogP contribution in [0.3, 0.4) is 0 Å². The third kappa shape index (κ3) is 14.2. The molecule has 3 aromatic rings. The first-order valence-electron chi connectivity index (χ1n) is 18.2. The van der Waals surface area contributed by atoms with Crippen LogP contribution in [0, 0.1) is 0 Å². The van der Waals surface area contributed by atoms with Crippen LogP contribution in [0.15, 0.2) is 91.0 Å². The molecule has 3 atom stereocenters. The van der Waals surface area contributed by atoms with Crippen molar-refractivity contribution in [2.75, 3.05) is 62.1 Å². The van der Waals surface area contributed by atoms with Crippen molar-refractivity contribution in [2.24, 2.45) is 0 Å². The molecule has 0 saturated heterocycles. The van der Waals surface area contributed by atoms with Gasteiger partial charge in [-0.05, 0) is 36.4 Å². The van der Waals surface area contributed by atoms with E-state index in [-0.39, 0.29) is 16.7 Å². The summed E-state index contributed by atoms with van der Waals surface area (Å²) < 4.78 is 0. The first kappa shape index (κ1) is 48.1. The van der Waals surface area contributed by atoms with Gasteiger partial charge in [-0.1, -0.05) is 54.6 Å². The van der Waals surface area contributed by atoms with Crippen LogP contribution < -0.4 is 31.9 Å². The molecule has 6 N–H and O–H groups in total. The second-order valence-electron chi connectivity index (χ2n) is 12.5. The number of carbonyl (C=O) groups excluding carboxylic acids is 9. The van der Waals surface area contributed by atoms with Gasteiger partial charge in [0.05, 0.1) is 41.0 Å². The summed E-state index contributed by atoms with van der Waals surface area (Å²) in [5.74, 6) is -9.07. The highest BCUT2D eigenvalue weighted by molar-refractivity contribution is 6.02.